The van der Waals surface area contributed by atoms with Gasteiger partial charge in [-0.15, -0.1) is 0 Å². The zero-order valence-corrected chi connectivity index (χ0v) is 54.6. The maximum Gasteiger partial charge on any atom is 0.490 e. The lowest BCUT2D eigenvalue weighted by Crippen LogP contribution is -2.33. The highest BCUT2D eigenvalue weighted by Gasteiger charge is 2.46. The van der Waals surface area contributed by atoms with Crippen molar-refractivity contribution in [2.75, 3.05) is 44.2 Å². The van der Waals surface area contributed by atoms with E-state index in [1.54, 1.807) is 12.1 Å². The average Bonchev–Trinajstić information content (AvgIpc) is 1.60. The number of ether oxygens (including phenoxy) is 1. The lowest BCUT2D eigenvalue weighted by atomic mass is 9.81. The molecular weight excluding hydrogens is 1280 g/mol. The summed E-state index contributed by atoms with van der Waals surface area (Å²) < 4.78 is 123. The maximum atomic E-state index is 12.8. The number of unbranched alkanes of at least 4 members (excludes halogenated alkanes) is 6. The van der Waals surface area contributed by atoms with Crippen LogP contribution in [0.15, 0.2) is 92.0 Å². The Morgan fingerprint density at radius 3 is 1.90 bits per heavy atom. The fraction of sp³-hybridized carbons (Fsp3) is 0.527. The van der Waals surface area contributed by atoms with Crippen molar-refractivity contribution < 1.29 is 101 Å². The fourth-order valence-corrected chi connectivity index (χ4v) is 14.8. The molecule has 0 aliphatic carbocycles. The van der Waals surface area contributed by atoms with E-state index in [1.165, 1.54) is 36.4 Å². The summed E-state index contributed by atoms with van der Waals surface area (Å²) in [5.74, 6) is -0.456. The minimum atomic E-state index is -5.79. The highest BCUT2D eigenvalue weighted by molar-refractivity contribution is 7.86. The van der Waals surface area contributed by atoms with Gasteiger partial charge in [0.25, 0.3) is 25.8 Å². The quantitative estimate of drug-likeness (QED) is 0.0154. The molecule has 2 aromatic carbocycles. The molecule has 6 rings (SSSR count). The normalized spacial score (nSPS) is 19.9. The maximum absolute atomic E-state index is 12.8. The number of rotatable bonds is 34. The smallest absolute Gasteiger partial charge is 0.390 e. The van der Waals surface area contributed by atoms with Gasteiger partial charge in [0.1, 0.15) is 18.9 Å². The molecule has 1 aromatic heterocycles. The number of phosphoric ester groups is 1. The summed E-state index contributed by atoms with van der Waals surface area (Å²) in [5.41, 5.74) is 1.79. The van der Waals surface area contributed by atoms with Crippen molar-refractivity contribution in [3.05, 3.63) is 110 Å². The van der Waals surface area contributed by atoms with Crippen LogP contribution in [0.25, 0.3) is 6.08 Å². The van der Waals surface area contributed by atoms with E-state index in [4.69, 9.17) is 14.5 Å². The van der Waals surface area contributed by atoms with Crippen molar-refractivity contribution in [3.63, 3.8) is 0 Å². The van der Waals surface area contributed by atoms with Crippen LogP contribution in [0, 0.1) is 0 Å². The van der Waals surface area contributed by atoms with E-state index in [0.29, 0.717) is 84.0 Å². The first kappa shape index (κ1) is 73.4. The van der Waals surface area contributed by atoms with Crippen LogP contribution in [0.1, 0.15) is 141 Å². The average molecular weight is 1360 g/mol. The Hall–Kier alpha value is -5.63. The van der Waals surface area contributed by atoms with Gasteiger partial charge < -0.3 is 50.3 Å². The van der Waals surface area contributed by atoms with E-state index in [1.807, 2.05) is 52.8 Å². The zero-order chi connectivity index (χ0) is 66.6. The fourth-order valence-electron chi connectivity index (χ4n) is 10.8. The van der Waals surface area contributed by atoms with E-state index < -0.39 is 90.8 Å². The minimum Gasteiger partial charge on any atom is -0.390 e. The van der Waals surface area contributed by atoms with E-state index >= 15 is 0 Å². The molecule has 2 unspecified atom stereocenters. The number of benzene rings is 2. The predicted molar refractivity (Wildman–Crippen MR) is 328 cm³/mol. The standard InChI is InChI=1S/C55H78N7O23P3S2/c1-6-60-42-26-24-38(89(76,77)78)32-40(42)54(2,3)46(60)19-16-20-47-55(4,5)41-33-39(90(79,80)81)25-27-43(41)61(47)31-15-9-12-23-49(65)57-29-13-7-10-21-48(64)56-28-14-8-11-22-50(66)58-30-17-18-37-35-62(53(68)59-52(37)67)51-34-44(63)45(83-51)36-82-87(72,73)85-88(74,75)84-86(69,70)71/h16-20,24-27,32-33,35,44-45,51,63H,6-15,21-23,28-31,34,36H2,1-5H3,(H9-,56,57,58,59,64,65,66,67,68,69,70,71,72,73,74,75,76,77,78,79,80,81)/p+1/b18-17+/t44-,45+,51+/m0/s1. The van der Waals surface area contributed by atoms with E-state index in [0.717, 1.165) is 57.5 Å². The number of fused-ring (bicyclic) bond motifs is 2. The number of amides is 3. The number of hydrogen-bond donors (Lipinski definition) is 11. The van der Waals surface area contributed by atoms with Gasteiger partial charge in [0.2, 0.25) is 23.4 Å². The first-order valence-electron chi connectivity index (χ1n) is 28.9. The summed E-state index contributed by atoms with van der Waals surface area (Å²) in [6.45, 7) is 11.0. The van der Waals surface area contributed by atoms with Gasteiger partial charge in [-0.05, 0) is 101 Å². The van der Waals surface area contributed by atoms with Gasteiger partial charge >= 0.3 is 29.2 Å². The molecule has 90 heavy (non-hydrogen) atoms. The topological polar surface area (TPSA) is 446 Å². The molecule has 0 bridgehead atoms. The number of nitrogens with one attached hydrogen (secondary N) is 4. The second kappa shape index (κ2) is 30.9. The molecule has 11 N–H and O–H groups in total. The highest BCUT2D eigenvalue weighted by atomic mass is 32.2. The summed E-state index contributed by atoms with van der Waals surface area (Å²) >= 11 is 0. The van der Waals surface area contributed by atoms with Crippen LogP contribution < -0.4 is 32.1 Å². The summed E-state index contributed by atoms with van der Waals surface area (Å²) in [6, 6.07) is 9.14. The molecule has 3 aromatic rings. The number of carbonyl (C=O) groups is 3. The Balaban J connectivity index is 0.840. The van der Waals surface area contributed by atoms with Crippen molar-refractivity contribution in [2.24, 2.45) is 0 Å². The Kier molecular flexibility index (Phi) is 25.2. The SMILES string of the molecule is CCN1C(=CC=CC2=[N+](CCCCCC(=O)NCCCCCC(=O)NCCCCCC(=O)NC/C=C/c3cn([C@H]4C[C@H](O)[C@@H](COP(=O)(O)OP(=O)(O)OP(=O)(O)O)O4)c(=O)[nH]c3=O)c3ccc(S(=O)(=O)O)cc3C2(C)C)C(C)(C)c2cc(S(=O)(=O)O)ccc21. The molecule has 35 heteroatoms. The van der Waals surface area contributed by atoms with Crippen LogP contribution in [-0.4, -0.2) is 140 Å². The van der Waals surface area contributed by atoms with Gasteiger partial charge in [0, 0.05) is 99.0 Å². The molecular formula is C55H79N7O23P3S2+. The van der Waals surface area contributed by atoms with Crippen molar-refractivity contribution in [1.29, 1.82) is 0 Å². The summed E-state index contributed by atoms with van der Waals surface area (Å²) in [4.78, 5) is 103. The number of likely N-dealkylation sites (N-methyl/N-ethyl adjacent to an activating group) is 1. The summed E-state index contributed by atoms with van der Waals surface area (Å²) in [6.07, 6.45) is 12.1. The molecule has 0 spiro atoms. The molecule has 1 saturated heterocycles. The van der Waals surface area contributed by atoms with Crippen molar-refractivity contribution >= 4 is 84.6 Å². The van der Waals surface area contributed by atoms with Gasteiger partial charge in [-0.3, -0.25) is 42.4 Å². The van der Waals surface area contributed by atoms with Crippen LogP contribution in [0.4, 0.5) is 11.4 Å². The number of hydrogen-bond acceptors (Lipinski definition) is 18. The van der Waals surface area contributed by atoms with Gasteiger partial charge in [0.05, 0.1) is 33.5 Å². The minimum absolute atomic E-state index is 0.0143. The van der Waals surface area contributed by atoms with Gasteiger partial charge in [-0.1, -0.05) is 44.9 Å². The molecule has 4 heterocycles. The second-order valence-corrected chi connectivity index (χ2v) is 29.9. The van der Waals surface area contributed by atoms with Gasteiger partial charge in [0.15, 0.2) is 5.71 Å². The molecule has 30 nitrogen and oxygen atoms in total. The molecule has 498 valence electrons. The number of phosphoric acid groups is 3. The van der Waals surface area contributed by atoms with Crippen molar-refractivity contribution in [3.8, 4) is 0 Å². The number of aromatic amines is 1. The largest absolute Gasteiger partial charge is 0.490 e. The number of aromatic nitrogens is 2. The van der Waals surface area contributed by atoms with Gasteiger partial charge in [-0.25, -0.2) is 18.5 Å². The van der Waals surface area contributed by atoms with Crippen LogP contribution in [0.2, 0.25) is 0 Å². The third kappa shape index (κ3) is 20.4. The number of H-pyrrole nitrogens is 1. The van der Waals surface area contributed by atoms with Crippen molar-refractivity contribution in [1.82, 2.24) is 25.5 Å². The number of nitrogens with zero attached hydrogens (tertiary/aromatic N) is 3. The van der Waals surface area contributed by atoms with Gasteiger partial charge in [-0.2, -0.15) is 30.0 Å². The molecule has 5 atom stereocenters. The van der Waals surface area contributed by atoms with E-state index in [9.17, 15) is 78.5 Å². The number of carbonyl (C=O) groups excluding carboxylic acids is 3. The Labute approximate surface area is 520 Å². The predicted octanol–water partition coefficient (Wildman–Crippen LogP) is 5.40. The zero-order valence-electron chi connectivity index (χ0n) is 50.3. The van der Waals surface area contributed by atoms with Crippen LogP contribution >= 0.6 is 23.5 Å². The van der Waals surface area contributed by atoms with E-state index in [2.05, 4.69) is 43.6 Å². The molecule has 3 amide bonds. The Morgan fingerprint density at radius 1 is 0.756 bits per heavy atom. The number of allylic oxidation sites excluding steroid dienone is 4. The number of aliphatic hydroxyl groups excluding tert-OH is 1. The Bertz CT molecular complexity index is 3780. The molecule has 1 fully saturated rings. The molecule has 3 aliphatic rings. The Morgan fingerprint density at radius 2 is 1.32 bits per heavy atom. The third-order valence-corrected chi connectivity index (χ3v) is 20.8. The summed E-state index contributed by atoms with van der Waals surface area (Å²) in [7, 11) is -25.9. The highest BCUT2D eigenvalue weighted by Crippen LogP contribution is 2.66. The molecule has 0 radical (unpaired) electrons. The van der Waals surface area contributed by atoms with Crippen LogP contribution in [-0.2, 0) is 77.0 Å². The summed E-state index contributed by atoms with van der Waals surface area (Å²) in [5, 5.41) is 18.9. The second-order valence-electron chi connectivity index (χ2n) is 22.7. The molecule has 0 saturated carbocycles. The number of anilines is 1. The van der Waals surface area contributed by atoms with Crippen LogP contribution in [0.5, 0.6) is 0 Å². The lowest BCUT2D eigenvalue weighted by molar-refractivity contribution is -0.438. The number of aliphatic hydroxyl groups is 1. The van der Waals surface area contributed by atoms with Crippen LogP contribution in [0.3, 0.4) is 0 Å². The first-order valence-corrected chi connectivity index (χ1v) is 36.3. The molecule has 3 aliphatic heterocycles. The lowest BCUT2D eigenvalue weighted by Gasteiger charge is -2.25. The monoisotopic (exact) mass is 1360 g/mol. The van der Waals surface area contributed by atoms with E-state index in [-0.39, 0.29) is 52.5 Å². The first-order chi connectivity index (χ1) is 41.9. The third-order valence-electron chi connectivity index (χ3n) is 15.3. The van der Waals surface area contributed by atoms with Crippen molar-refractivity contribution in [2.45, 2.75) is 157 Å².